The number of aromatic nitrogens is 3. The standard InChI is InChI=1S/C28H34N6O2/c1-36-19-25(26-14-23-4-2-3-5-24(23)17-30-26)21-8-12-34(13-9-21)27(35)22-6-10-33(11-7-22)18-20-15-31-28(29)32-16-20/h2-5,14-17,19,21-22H,6-13,18H2,1H3,(H2,29,31,32)/b25-19-. The molecule has 4 heterocycles. The molecular weight excluding hydrogens is 452 g/mol. The molecule has 0 atom stereocenters. The van der Waals surface area contributed by atoms with E-state index in [0.717, 1.165) is 80.6 Å². The van der Waals surface area contributed by atoms with E-state index in [0.29, 0.717) is 17.8 Å². The summed E-state index contributed by atoms with van der Waals surface area (Å²) in [6.07, 6.45) is 11.0. The van der Waals surface area contributed by atoms with Gasteiger partial charge in [0, 0.05) is 60.7 Å². The summed E-state index contributed by atoms with van der Waals surface area (Å²) < 4.78 is 5.45. The number of rotatable bonds is 6. The molecule has 5 rings (SSSR count). The van der Waals surface area contributed by atoms with Crippen LogP contribution in [0, 0.1) is 11.8 Å². The second-order valence-corrected chi connectivity index (χ2v) is 9.83. The second-order valence-electron chi connectivity index (χ2n) is 9.83. The molecule has 1 aromatic carbocycles. The van der Waals surface area contributed by atoms with Crippen LogP contribution in [0.4, 0.5) is 5.95 Å². The summed E-state index contributed by atoms with van der Waals surface area (Å²) in [7, 11) is 1.69. The molecule has 0 unspecified atom stereocenters. The van der Waals surface area contributed by atoms with Gasteiger partial charge in [0.15, 0.2) is 0 Å². The molecule has 2 N–H and O–H groups in total. The minimum absolute atomic E-state index is 0.108. The van der Waals surface area contributed by atoms with Gasteiger partial charge in [-0.3, -0.25) is 14.7 Å². The maximum Gasteiger partial charge on any atom is 0.225 e. The van der Waals surface area contributed by atoms with Crippen molar-refractivity contribution >= 4 is 28.2 Å². The van der Waals surface area contributed by atoms with Crippen molar-refractivity contribution in [3.05, 3.63) is 66.4 Å². The fourth-order valence-corrected chi connectivity index (χ4v) is 5.45. The Hall–Kier alpha value is -3.52. The van der Waals surface area contributed by atoms with E-state index in [2.05, 4.69) is 38.0 Å². The van der Waals surface area contributed by atoms with E-state index < -0.39 is 0 Å². The Kier molecular flexibility index (Phi) is 7.41. The number of carbonyl (C=O) groups is 1. The molecule has 8 nitrogen and oxygen atoms in total. The van der Waals surface area contributed by atoms with Gasteiger partial charge in [-0.15, -0.1) is 0 Å². The van der Waals surface area contributed by atoms with Crippen molar-refractivity contribution in [1.29, 1.82) is 0 Å². The minimum atomic E-state index is 0.108. The van der Waals surface area contributed by atoms with E-state index in [1.54, 1.807) is 19.5 Å². The van der Waals surface area contributed by atoms with Crippen molar-refractivity contribution in [2.45, 2.75) is 32.2 Å². The Balaban J connectivity index is 1.15. The third-order valence-corrected chi connectivity index (χ3v) is 7.49. The molecule has 0 saturated carbocycles. The Morgan fingerprint density at radius 1 is 0.972 bits per heavy atom. The number of amides is 1. The molecule has 8 heteroatoms. The number of hydrogen-bond acceptors (Lipinski definition) is 7. The number of nitrogens with zero attached hydrogens (tertiary/aromatic N) is 5. The normalized spacial score (nSPS) is 18.5. The summed E-state index contributed by atoms with van der Waals surface area (Å²) in [5.41, 5.74) is 8.71. The summed E-state index contributed by atoms with van der Waals surface area (Å²) in [6.45, 7) is 4.17. The third kappa shape index (κ3) is 5.49. The molecule has 188 valence electrons. The molecule has 2 saturated heterocycles. The molecule has 1 amide bonds. The van der Waals surface area contributed by atoms with Gasteiger partial charge < -0.3 is 15.4 Å². The molecule has 0 aliphatic carbocycles. The SMILES string of the molecule is CO/C=C(\c1cc2ccccc2cn1)C1CCN(C(=O)C2CCN(Cc3cnc(N)nc3)CC2)CC1. The van der Waals surface area contributed by atoms with Crippen molar-refractivity contribution in [2.24, 2.45) is 11.8 Å². The number of allylic oxidation sites excluding steroid dienone is 1. The maximum absolute atomic E-state index is 13.3. The van der Waals surface area contributed by atoms with Gasteiger partial charge in [0.05, 0.1) is 19.1 Å². The highest BCUT2D eigenvalue weighted by molar-refractivity contribution is 5.84. The van der Waals surface area contributed by atoms with E-state index in [4.69, 9.17) is 15.5 Å². The first-order valence-corrected chi connectivity index (χ1v) is 12.8. The molecule has 2 aliphatic heterocycles. The van der Waals surface area contributed by atoms with Crippen LogP contribution in [0.2, 0.25) is 0 Å². The highest BCUT2D eigenvalue weighted by Crippen LogP contribution is 2.33. The van der Waals surface area contributed by atoms with Gasteiger partial charge in [-0.05, 0) is 56.1 Å². The number of ether oxygens (including phenoxy) is 1. The van der Waals surface area contributed by atoms with Crippen LogP contribution in [0.5, 0.6) is 0 Å². The first-order valence-electron chi connectivity index (χ1n) is 12.8. The number of methoxy groups -OCH3 is 1. The summed E-state index contributed by atoms with van der Waals surface area (Å²) in [6, 6.07) is 10.4. The smallest absolute Gasteiger partial charge is 0.225 e. The molecule has 0 bridgehead atoms. The summed E-state index contributed by atoms with van der Waals surface area (Å²) >= 11 is 0. The molecule has 0 spiro atoms. The molecular formula is C28H34N6O2. The highest BCUT2D eigenvalue weighted by atomic mass is 16.5. The lowest BCUT2D eigenvalue weighted by Crippen LogP contribution is -2.45. The van der Waals surface area contributed by atoms with E-state index in [1.165, 1.54) is 5.39 Å². The summed E-state index contributed by atoms with van der Waals surface area (Å²) in [4.78, 5) is 30.6. The fraction of sp³-hybridized carbons (Fsp3) is 0.429. The molecule has 2 fully saturated rings. The molecule has 3 aromatic rings. The van der Waals surface area contributed by atoms with Gasteiger partial charge in [-0.1, -0.05) is 24.3 Å². The van der Waals surface area contributed by atoms with Gasteiger partial charge in [0.1, 0.15) is 0 Å². The average Bonchev–Trinajstić information content (AvgIpc) is 2.93. The van der Waals surface area contributed by atoms with Gasteiger partial charge in [-0.25, -0.2) is 9.97 Å². The predicted octanol–water partition coefficient (Wildman–Crippen LogP) is 3.75. The largest absolute Gasteiger partial charge is 0.504 e. The predicted molar refractivity (Wildman–Crippen MR) is 140 cm³/mol. The molecule has 36 heavy (non-hydrogen) atoms. The summed E-state index contributed by atoms with van der Waals surface area (Å²) in [5.74, 6) is 1.04. The van der Waals surface area contributed by atoms with Crippen LogP contribution in [-0.2, 0) is 16.1 Å². The fourth-order valence-electron chi connectivity index (χ4n) is 5.45. The van der Waals surface area contributed by atoms with Crippen molar-refractivity contribution in [3.8, 4) is 0 Å². The zero-order valence-corrected chi connectivity index (χ0v) is 20.8. The zero-order valence-electron chi connectivity index (χ0n) is 20.8. The van der Waals surface area contributed by atoms with Gasteiger partial charge in [0.2, 0.25) is 11.9 Å². The van der Waals surface area contributed by atoms with Gasteiger partial charge >= 0.3 is 0 Å². The van der Waals surface area contributed by atoms with Crippen LogP contribution in [0.3, 0.4) is 0 Å². The van der Waals surface area contributed by atoms with E-state index in [-0.39, 0.29) is 5.92 Å². The van der Waals surface area contributed by atoms with Gasteiger partial charge in [-0.2, -0.15) is 0 Å². The average molecular weight is 487 g/mol. The van der Waals surface area contributed by atoms with E-state index >= 15 is 0 Å². The number of nitrogens with two attached hydrogens (primary N) is 1. The topological polar surface area (TPSA) is 97.5 Å². The molecule has 2 aromatic heterocycles. The number of pyridine rings is 1. The molecule has 2 aliphatic rings. The number of fused-ring (bicyclic) bond motifs is 1. The van der Waals surface area contributed by atoms with Gasteiger partial charge in [0.25, 0.3) is 0 Å². The first-order chi connectivity index (χ1) is 17.6. The number of anilines is 1. The quantitative estimate of drug-likeness (QED) is 0.530. The second kappa shape index (κ2) is 11.0. The monoisotopic (exact) mass is 486 g/mol. The lowest BCUT2D eigenvalue weighted by molar-refractivity contribution is -0.138. The van der Waals surface area contributed by atoms with E-state index in [9.17, 15) is 4.79 Å². The summed E-state index contributed by atoms with van der Waals surface area (Å²) in [5, 5.41) is 2.30. The molecule has 0 radical (unpaired) electrons. The minimum Gasteiger partial charge on any atom is -0.504 e. The van der Waals surface area contributed by atoms with Crippen LogP contribution in [0.1, 0.15) is 36.9 Å². The number of likely N-dealkylation sites (tertiary alicyclic amines) is 2. The Labute approximate surface area is 212 Å². The Morgan fingerprint density at radius 2 is 1.64 bits per heavy atom. The van der Waals surface area contributed by atoms with E-state index in [1.807, 2.05) is 24.6 Å². The number of carbonyl (C=O) groups excluding carboxylic acids is 1. The number of benzene rings is 1. The lowest BCUT2D eigenvalue weighted by Gasteiger charge is -2.37. The van der Waals surface area contributed by atoms with Crippen LogP contribution in [-0.4, -0.2) is 63.9 Å². The lowest BCUT2D eigenvalue weighted by atomic mass is 9.86. The number of hydrogen-bond donors (Lipinski definition) is 1. The van der Waals surface area contributed by atoms with Crippen LogP contribution in [0.15, 0.2) is 55.2 Å². The van der Waals surface area contributed by atoms with Crippen molar-refractivity contribution in [3.63, 3.8) is 0 Å². The highest BCUT2D eigenvalue weighted by Gasteiger charge is 2.32. The van der Waals surface area contributed by atoms with Crippen molar-refractivity contribution in [2.75, 3.05) is 39.0 Å². The van der Waals surface area contributed by atoms with Crippen LogP contribution < -0.4 is 5.73 Å². The number of piperidine rings is 2. The Morgan fingerprint density at radius 3 is 2.33 bits per heavy atom. The van der Waals surface area contributed by atoms with Crippen LogP contribution >= 0.6 is 0 Å². The first kappa shape index (κ1) is 24.2. The van der Waals surface area contributed by atoms with Crippen LogP contribution in [0.25, 0.3) is 16.3 Å². The Bertz CT molecular complexity index is 1210. The van der Waals surface area contributed by atoms with Crippen molar-refractivity contribution in [1.82, 2.24) is 24.8 Å². The van der Waals surface area contributed by atoms with Crippen molar-refractivity contribution < 1.29 is 9.53 Å². The number of nitrogen functional groups attached to an aromatic ring is 1. The maximum atomic E-state index is 13.3. The zero-order chi connectivity index (χ0) is 24.9. The third-order valence-electron chi connectivity index (χ3n) is 7.49.